The number of nitrogens with zero attached hydrogens (tertiary/aromatic N) is 8. The van der Waals surface area contributed by atoms with Crippen LogP contribution >= 0.6 is 11.3 Å². The van der Waals surface area contributed by atoms with Gasteiger partial charge in [-0.15, -0.1) is 10.2 Å². The number of rotatable bonds is 6. The monoisotopic (exact) mass is 581 g/mol. The molecule has 206 valence electrons. The van der Waals surface area contributed by atoms with Crippen molar-refractivity contribution in [1.82, 2.24) is 34.1 Å². The van der Waals surface area contributed by atoms with Gasteiger partial charge in [-0.25, -0.2) is 22.6 Å². The third kappa shape index (κ3) is 4.21. The lowest BCUT2D eigenvalue weighted by Crippen LogP contribution is -2.41. The van der Waals surface area contributed by atoms with Crippen LogP contribution in [0.4, 0.5) is 9.18 Å². The van der Waals surface area contributed by atoms with Gasteiger partial charge in [0.2, 0.25) is 10.0 Å². The maximum atomic E-state index is 16.2. The molecule has 4 heterocycles. The van der Waals surface area contributed by atoms with Crippen molar-refractivity contribution in [3.8, 4) is 22.8 Å². The van der Waals surface area contributed by atoms with E-state index in [1.807, 2.05) is 6.07 Å². The molecular formula is C25H24FN9O3S2. The average Bonchev–Trinajstić information content (AvgIpc) is 3.80. The van der Waals surface area contributed by atoms with Crippen molar-refractivity contribution in [3.63, 3.8) is 0 Å². The normalized spacial score (nSPS) is 19.0. The third-order valence-corrected chi connectivity index (χ3v) is 10.2. The molecule has 15 heteroatoms. The van der Waals surface area contributed by atoms with Gasteiger partial charge in [-0.05, 0) is 37.7 Å². The summed E-state index contributed by atoms with van der Waals surface area (Å²) >= 11 is 1.22. The van der Waals surface area contributed by atoms with E-state index in [1.165, 1.54) is 26.8 Å². The van der Waals surface area contributed by atoms with Gasteiger partial charge in [-0.2, -0.15) is 15.2 Å². The number of sulfonamides is 1. The third-order valence-electron chi connectivity index (χ3n) is 7.49. The summed E-state index contributed by atoms with van der Waals surface area (Å²) in [6.07, 6.45) is 6.66. The summed E-state index contributed by atoms with van der Waals surface area (Å²) in [6.45, 7) is 0.527. The number of hydrogen-bond acceptors (Lipinski definition) is 9. The Morgan fingerprint density at radius 1 is 1.20 bits per heavy atom. The molecule has 2 amide bonds. The van der Waals surface area contributed by atoms with Crippen molar-refractivity contribution in [2.45, 2.75) is 48.0 Å². The Bertz CT molecular complexity index is 1790. The van der Waals surface area contributed by atoms with Gasteiger partial charge in [0.05, 0.1) is 23.9 Å². The van der Waals surface area contributed by atoms with Gasteiger partial charge in [0.15, 0.2) is 10.8 Å². The number of carbonyl (C=O) groups is 1. The first-order valence-electron chi connectivity index (χ1n) is 12.6. The zero-order valence-electron chi connectivity index (χ0n) is 21.7. The van der Waals surface area contributed by atoms with Crippen LogP contribution in [0.5, 0.6) is 0 Å². The number of nitriles is 2. The second-order valence-corrected chi connectivity index (χ2v) is 13.2. The maximum absolute atomic E-state index is 16.2. The van der Waals surface area contributed by atoms with Crippen molar-refractivity contribution < 1.29 is 17.6 Å². The Kier molecular flexibility index (Phi) is 5.96. The van der Waals surface area contributed by atoms with E-state index in [2.05, 4.69) is 26.0 Å². The summed E-state index contributed by atoms with van der Waals surface area (Å²) < 4.78 is 47.0. The molecular weight excluding hydrogens is 557 g/mol. The minimum atomic E-state index is -4.45. The van der Waals surface area contributed by atoms with Gasteiger partial charge in [-0.3, -0.25) is 4.40 Å². The fourth-order valence-electron chi connectivity index (χ4n) is 4.75. The highest BCUT2D eigenvalue weighted by Gasteiger charge is 2.49. The predicted octanol–water partition coefficient (Wildman–Crippen LogP) is 2.65. The van der Waals surface area contributed by atoms with Gasteiger partial charge in [0.25, 0.3) is 0 Å². The Labute approximate surface area is 233 Å². The van der Waals surface area contributed by atoms with Crippen LogP contribution in [0.3, 0.4) is 0 Å². The summed E-state index contributed by atoms with van der Waals surface area (Å²) in [5.41, 5.74) is -0.796. The minimum absolute atomic E-state index is 0.00769. The van der Waals surface area contributed by atoms with Crippen molar-refractivity contribution in [1.29, 1.82) is 10.5 Å². The molecule has 0 atom stereocenters. The molecule has 0 unspecified atom stereocenters. The van der Waals surface area contributed by atoms with E-state index in [1.54, 1.807) is 25.1 Å². The zero-order chi connectivity index (χ0) is 28.4. The lowest BCUT2D eigenvalue weighted by molar-refractivity contribution is 0.176. The van der Waals surface area contributed by atoms with Crippen LogP contribution in [-0.2, 0) is 15.4 Å². The quantitative estimate of drug-likeness (QED) is 0.465. The molecule has 0 saturated heterocycles. The van der Waals surface area contributed by atoms with Crippen LogP contribution in [0.25, 0.3) is 21.9 Å². The summed E-state index contributed by atoms with van der Waals surface area (Å²) in [4.78, 5) is 19.3. The number of halogens is 1. The van der Waals surface area contributed by atoms with Gasteiger partial charge < -0.3 is 9.80 Å². The summed E-state index contributed by atoms with van der Waals surface area (Å²) in [6, 6.07) is 4.07. The molecule has 0 radical (unpaired) electrons. The van der Waals surface area contributed by atoms with Crippen LogP contribution in [-0.4, -0.2) is 76.6 Å². The molecule has 3 aromatic rings. The standard InChI is InChI=1S/C25H24FN9O3S2/c1-33(2)23(36)34-9-3-15(4-10-34)18-19(26)17(40(37,38)32-25(14-28)7-8-25)12-35-16(11-29-20(18)35)21-30-31-22(39-21)24(13-27)5-6-24/h3,11-12,32H,4-10H2,1-2H3. The Balaban J connectivity index is 1.49. The van der Waals surface area contributed by atoms with E-state index in [0.29, 0.717) is 53.5 Å². The van der Waals surface area contributed by atoms with Crippen molar-refractivity contribution in [2.75, 3.05) is 27.2 Å². The molecule has 3 aromatic heterocycles. The number of carbonyl (C=O) groups excluding carboxylic acids is 1. The smallest absolute Gasteiger partial charge is 0.319 e. The van der Waals surface area contributed by atoms with Gasteiger partial charge in [0, 0.05) is 33.4 Å². The van der Waals surface area contributed by atoms with E-state index in [9.17, 15) is 23.7 Å². The second-order valence-electron chi connectivity index (χ2n) is 10.5. The number of amides is 2. The molecule has 0 bridgehead atoms. The molecule has 2 saturated carbocycles. The average molecular weight is 582 g/mol. The number of hydrogen-bond donors (Lipinski definition) is 1. The van der Waals surface area contributed by atoms with Crippen LogP contribution in [0.1, 0.15) is 42.7 Å². The number of aromatic nitrogens is 4. The number of nitrogens with one attached hydrogen (secondary N) is 1. The first-order valence-corrected chi connectivity index (χ1v) is 14.9. The van der Waals surface area contributed by atoms with Crippen molar-refractivity contribution in [3.05, 3.63) is 34.9 Å². The van der Waals surface area contributed by atoms with Crippen LogP contribution < -0.4 is 4.72 Å². The fourth-order valence-corrected chi connectivity index (χ4v) is 7.25. The molecule has 3 aliphatic rings. The lowest BCUT2D eigenvalue weighted by atomic mass is 10.00. The minimum Gasteiger partial charge on any atom is -0.331 e. The summed E-state index contributed by atoms with van der Waals surface area (Å²) in [5.74, 6) is -0.983. The molecule has 40 heavy (non-hydrogen) atoms. The largest absolute Gasteiger partial charge is 0.331 e. The molecule has 0 spiro atoms. The van der Waals surface area contributed by atoms with E-state index < -0.39 is 31.7 Å². The highest BCUT2D eigenvalue weighted by molar-refractivity contribution is 7.89. The molecule has 6 rings (SSSR count). The molecule has 1 N–H and O–H groups in total. The second kappa shape index (κ2) is 9.05. The number of urea groups is 1. The van der Waals surface area contributed by atoms with Gasteiger partial charge in [-0.1, -0.05) is 17.4 Å². The predicted molar refractivity (Wildman–Crippen MR) is 142 cm³/mol. The first-order chi connectivity index (χ1) is 19.0. The number of imidazole rings is 1. The van der Waals surface area contributed by atoms with E-state index in [-0.39, 0.29) is 30.2 Å². The first kappa shape index (κ1) is 26.3. The Morgan fingerprint density at radius 3 is 2.52 bits per heavy atom. The zero-order valence-corrected chi connectivity index (χ0v) is 23.3. The van der Waals surface area contributed by atoms with E-state index >= 15 is 4.39 Å². The van der Waals surface area contributed by atoms with Crippen LogP contribution in [0.2, 0.25) is 0 Å². The van der Waals surface area contributed by atoms with Gasteiger partial charge in [0.1, 0.15) is 32.2 Å². The SMILES string of the molecule is CN(C)C(=O)N1CC=C(c2c(F)c(S(=O)(=O)NC3(C#N)CC3)cn3c(-c4nnc(C5(C#N)CC5)s4)cnc23)CC1. The molecule has 12 nitrogen and oxygen atoms in total. The topological polar surface area (TPSA) is 160 Å². The van der Waals surface area contributed by atoms with Crippen LogP contribution in [0.15, 0.2) is 23.4 Å². The Hall–Kier alpha value is -3.92. The number of fused-ring (bicyclic) bond motifs is 1. The highest BCUT2D eigenvalue weighted by atomic mass is 32.2. The molecule has 2 aliphatic carbocycles. The molecule has 0 aromatic carbocycles. The van der Waals surface area contributed by atoms with Crippen molar-refractivity contribution in [2.24, 2.45) is 0 Å². The molecule has 2 fully saturated rings. The summed E-state index contributed by atoms with van der Waals surface area (Å²) in [7, 11) is -1.15. The summed E-state index contributed by atoms with van der Waals surface area (Å²) in [5, 5.41) is 28.4. The number of pyridine rings is 1. The van der Waals surface area contributed by atoms with Gasteiger partial charge >= 0.3 is 6.03 Å². The maximum Gasteiger partial charge on any atom is 0.319 e. The van der Waals surface area contributed by atoms with E-state index in [4.69, 9.17) is 0 Å². The van der Waals surface area contributed by atoms with Crippen LogP contribution in [0, 0.1) is 28.5 Å². The van der Waals surface area contributed by atoms with Crippen molar-refractivity contribution >= 4 is 38.6 Å². The molecule has 1 aliphatic heterocycles. The lowest BCUT2D eigenvalue weighted by Gasteiger charge is -2.29. The fraction of sp³-hybridized carbons (Fsp3) is 0.440. The highest BCUT2D eigenvalue weighted by Crippen LogP contribution is 2.49. The Morgan fingerprint density at radius 2 is 1.95 bits per heavy atom. The van der Waals surface area contributed by atoms with E-state index in [0.717, 1.165) is 6.20 Å².